The van der Waals surface area contributed by atoms with Gasteiger partial charge >= 0.3 is 0 Å². The molecule has 0 aromatic rings. The number of primary amides is 1. The van der Waals surface area contributed by atoms with Gasteiger partial charge < -0.3 is 10.8 Å². The van der Waals surface area contributed by atoms with Gasteiger partial charge in [-0.2, -0.15) is 0 Å². The van der Waals surface area contributed by atoms with Gasteiger partial charge in [-0.3, -0.25) is 9.59 Å². The first-order valence-corrected chi connectivity index (χ1v) is 5.11. The molecule has 0 spiro atoms. The lowest BCUT2D eigenvalue weighted by molar-refractivity contribution is -0.133. The maximum absolute atomic E-state index is 11.5. The zero-order chi connectivity index (χ0) is 10.6. The maximum Gasteiger partial charge on any atom is 0.246 e. The molecule has 4 nitrogen and oxygen atoms in total. The minimum absolute atomic E-state index is 0.0176. The van der Waals surface area contributed by atoms with E-state index in [0.717, 1.165) is 25.7 Å². The van der Waals surface area contributed by atoms with Gasteiger partial charge in [-0.25, -0.2) is 0 Å². The van der Waals surface area contributed by atoms with Crippen molar-refractivity contribution >= 4 is 11.7 Å². The van der Waals surface area contributed by atoms with Crippen LogP contribution < -0.4 is 5.73 Å². The van der Waals surface area contributed by atoms with Crippen LogP contribution in [0.4, 0.5) is 0 Å². The summed E-state index contributed by atoms with van der Waals surface area (Å²) in [7, 11) is 0. The number of aliphatic hydroxyl groups excluding tert-OH is 1. The summed E-state index contributed by atoms with van der Waals surface area (Å²) < 4.78 is 0. The van der Waals surface area contributed by atoms with Gasteiger partial charge in [0, 0.05) is 12.3 Å². The summed E-state index contributed by atoms with van der Waals surface area (Å²) in [5, 5.41) is 9.13. The Morgan fingerprint density at radius 3 is 2.36 bits per heavy atom. The minimum atomic E-state index is -1.30. The molecule has 80 valence electrons. The van der Waals surface area contributed by atoms with Crippen molar-refractivity contribution in [3.63, 3.8) is 0 Å². The minimum Gasteiger partial charge on any atom is -0.383 e. The van der Waals surface area contributed by atoms with E-state index in [1.165, 1.54) is 6.42 Å². The van der Waals surface area contributed by atoms with Crippen LogP contribution in [0.25, 0.3) is 0 Å². The number of hydrogen-bond donors (Lipinski definition) is 2. The van der Waals surface area contributed by atoms with Crippen LogP contribution in [0, 0.1) is 5.92 Å². The van der Waals surface area contributed by atoms with Crippen LogP contribution in [0.5, 0.6) is 0 Å². The number of hydrogen-bond acceptors (Lipinski definition) is 3. The van der Waals surface area contributed by atoms with Crippen molar-refractivity contribution in [3.8, 4) is 0 Å². The third-order valence-corrected chi connectivity index (χ3v) is 2.78. The lowest BCUT2D eigenvalue weighted by Gasteiger charge is -2.20. The fraction of sp³-hybridized carbons (Fsp3) is 0.800. The normalized spacial score (nSPS) is 20.4. The molecule has 0 radical (unpaired) electrons. The molecule has 0 saturated heterocycles. The van der Waals surface area contributed by atoms with Crippen molar-refractivity contribution in [2.24, 2.45) is 11.7 Å². The first-order valence-electron chi connectivity index (χ1n) is 5.11. The Hall–Kier alpha value is -0.900. The van der Waals surface area contributed by atoms with Crippen LogP contribution in [-0.2, 0) is 9.59 Å². The molecule has 1 rings (SSSR count). The molecule has 14 heavy (non-hydrogen) atoms. The maximum atomic E-state index is 11.5. The number of amides is 1. The van der Waals surface area contributed by atoms with Crippen LogP contribution in [0.3, 0.4) is 0 Å². The SMILES string of the molecule is NC(=O)[C@@H](O)CC(=O)C1CCCCC1. The molecule has 0 unspecified atom stereocenters. The van der Waals surface area contributed by atoms with Crippen molar-refractivity contribution in [3.05, 3.63) is 0 Å². The zero-order valence-corrected chi connectivity index (χ0v) is 8.24. The van der Waals surface area contributed by atoms with Gasteiger partial charge in [-0.1, -0.05) is 19.3 Å². The van der Waals surface area contributed by atoms with E-state index in [4.69, 9.17) is 10.8 Å². The van der Waals surface area contributed by atoms with Gasteiger partial charge in [0.05, 0.1) is 0 Å². The number of ketones is 1. The summed E-state index contributed by atoms with van der Waals surface area (Å²) in [6, 6.07) is 0. The van der Waals surface area contributed by atoms with Crippen LogP contribution in [0.15, 0.2) is 0 Å². The number of carbonyl (C=O) groups excluding carboxylic acids is 2. The Balaban J connectivity index is 2.36. The lowest BCUT2D eigenvalue weighted by atomic mass is 9.84. The predicted molar refractivity (Wildman–Crippen MR) is 51.4 cm³/mol. The summed E-state index contributed by atoms with van der Waals surface area (Å²) in [6.45, 7) is 0. The molecule has 1 fully saturated rings. The van der Waals surface area contributed by atoms with E-state index in [2.05, 4.69) is 0 Å². The van der Waals surface area contributed by atoms with Crippen LogP contribution in [-0.4, -0.2) is 22.9 Å². The van der Waals surface area contributed by atoms with E-state index in [1.807, 2.05) is 0 Å². The lowest BCUT2D eigenvalue weighted by Crippen LogP contribution is -2.32. The topological polar surface area (TPSA) is 80.4 Å². The molecule has 1 aliphatic carbocycles. The Bertz CT molecular complexity index is 221. The van der Waals surface area contributed by atoms with Crippen LogP contribution in [0.1, 0.15) is 38.5 Å². The number of aliphatic hydroxyl groups is 1. The van der Waals surface area contributed by atoms with Crippen molar-refractivity contribution in [1.82, 2.24) is 0 Å². The summed E-state index contributed by atoms with van der Waals surface area (Å²) in [6.07, 6.45) is 3.70. The van der Waals surface area contributed by atoms with Crippen molar-refractivity contribution in [2.45, 2.75) is 44.6 Å². The second-order valence-electron chi connectivity index (χ2n) is 3.92. The van der Waals surface area contributed by atoms with Crippen molar-refractivity contribution in [2.75, 3.05) is 0 Å². The fourth-order valence-electron chi connectivity index (χ4n) is 1.88. The first kappa shape index (κ1) is 11.2. The standard InChI is InChI=1S/C10H17NO3/c11-10(14)9(13)6-8(12)7-4-2-1-3-5-7/h7,9,13H,1-6H2,(H2,11,14)/t9-/m0/s1. The molecular formula is C10H17NO3. The number of nitrogens with two attached hydrogens (primary N) is 1. The first-order chi connectivity index (χ1) is 6.61. The average molecular weight is 199 g/mol. The molecule has 1 atom stereocenters. The van der Waals surface area contributed by atoms with Gasteiger partial charge in [-0.05, 0) is 12.8 Å². The van der Waals surface area contributed by atoms with Crippen molar-refractivity contribution < 1.29 is 14.7 Å². The van der Waals surface area contributed by atoms with Gasteiger partial charge in [0.15, 0.2) is 0 Å². The molecule has 1 saturated carbocycles. The second-order valence-corrected chi connectivity index (χ2v) is 3.92. The monoisotopic (exact) mass is 199 g/mol. The van der Waals surface area contributed by atoms with E-state index < -0.39 is 12.0 Å². The summed E-state index contributed by atoms with van der Waals surface area (Å²) in [5.41, 5.74) is 4.87. The van der Waals surface area contributed by atoms with E-state index in [-0.39, 0.29) is 18.1 Å². The number of Topliss-reactive ketones (excluding diaryl/α,β-unsaturated/α-hetero) is 1. The Labute approximate surface area is 83.5 Å². The molecule has 4 heteroatoms. The van der Waals surface area contributed by atoms with Crippen LogP contribution in [0.2, 0.25) is 0 Å². The molecule has 1 amide bonds. The molecule has 0 bridgehead atoms. The Morgan fingerprint density at radius 2 is 1.86 bits per heavy atom. The van der Waals surface area contributed by atoms with Gasteiger partial charge in [0.2, 0.25) is 5.91 Å². The van der Waals surface area contributed by atoms with Crippen molar-refractivity contribution in [1.29, 1.82) is 0 Å². The van der Waals surface area contributed by atoms with E-state index in [1.54, 1.807) is 0 Å². The molecule has 0 aliphatic heterocycles. The van der Waals surface area contributed by atoms with Gasteiger partial charge in [0.1, 0.15) is 11.9 Å². The average Bonchev–Trinajstić information content (AvgIpc) is 2.19. The highest BCUT2D eigenvalue weighted by molar-refractivity contribution is 5.88. The smallest absolute Gasteiger partial charge is 0.246 e. The second kappa shape index (κ2) is 5.10. The molecule has 1 aliphatic rings. The molecule has 3 N–H and O–H groups in total. The van der Waals surface area contributed by atoms with E-state index in [9.17, 15) is 9.59 Å². The molecule has 0 heterocycles. The highest BCUT2D eigenvalue weighted by Crippen LogP contribution is 2.25. The molecule has 0 aromatic carbocycles. The summed E-state index contributed by atoms with van der Waals surface area (Å²) >= 11 is 0. The van der Waals surface area contributed by atoms with Gasteiger partial charge in [-0.15, -0.1) is 0 Å². The zero-order valence-electron chi connectivity index (χ0n) is 8.24. The highest BCUT2D eigenvalue weighted by Gasteiger charge is 2.24. The molecular weight excluding hydrogens is 182 g/mol. The third kappa shape index (κ3) is 3.10. The number of rotatable bonds is 4. The van der Waals surface area contributed by atoms with Crippen LogP contribution >= 0.6 is 0 Å². The largest absolute Gasteiger partial charge is 0.383 e. The van der Waals surface area contributed by atoms with E-state index >= 15 is 0 Å². The highest BCUT2D eigenvalue weighted by atomic mass is 16.3. The summed E-state index contributed by atoms with van der Waals surface area (Å²) in [5.74, 6) is -0.789. The number of carbonyl (C=O) groups is 2. The Morgan fingerprint density at radius 1 is 1.29 bits per heavy atom. The summed E-state index contributed by atoms with van der Waals surface area (Å²) in [4.78, 5) is 22.1. The molecule has 0 aromatic heterocycles. The van der Waals surface area contributed by atoms with Gasteiger partial charge in [0.25, 0.3) is 0 Å². The van der Waals surface area contributed by atoms with E-state index in [0.29, 0.717) is 0 Å². The fourth-order valence-corrected chi connectivity index (χ4v) is 1.88. The Kier molecular flexibility index (Phi) is 4.07. The third-order valence-electron chi connectivity index (χ3n) is 2.78. The predicted octanol–water partition coefficient (Wildman–Crippen LogP) is 0.372. The quantitative estimate of drug-likeness (QED) is 0.686.